The van der Waals surface area contributed by atoms with Gasteiger partial charge in [0, 0.05) is 24.3 Å². The van der Waals surface area contributed by atoms with Gasteiger partial charge in [0.2, 0.25) is 0 Å². The third-order valence-electron chi connectivity index (χ3n) is 4.49. The second-order valence-corrected chi connectivity index (χ2v) is 6.28. The van der Waals surface area contributed by atoms with Gasteiger partial charge in [-0.15, -0.1) is 0 Å². The maximum atomic E-state index is 12.6. The normalized spacial score (nSPS) is 13.8. The lowest BCUT2D eigenvalue weighted by Gasteiger charge is -2.20. The molecule has 2 heterocycles. The highest BCUT2D eigenvalue weighted by molar-refractivity contribution is 5.99. The van der Waals surface area contributed by atoms with E-state index < -0.39 is 0 Å². The summed E-state index contributed by atoms with van der Waals surface area (Å²) in [6.07, 6.45) is 2.34. The van der Waals surface area contributed by atoms with Crippen LogP contribution in [0.2, 0.25) is 0 Å². The summed E-state index contributed by atoms with van der Waals surface area (Å²) in [5.41, 5.74) is 2.53. The smallest absolute Gasteiger partial charge is 0.257 e. The first kappa shape index (κ1) is 16.3. The summed E-state index contributed by atoms with van der Waals surface area (Å²) in [6.45, 7) is 2.22. The number of benzene rings is 2. The van der Waals surface area contributed by atoms with Crippen molar-refractivity contribution in [1.82, 2.24) is 15.5 Å². The van der Waals surface area contributed by atoms with Crippen LogP contribution in [0, 0.1) is 0 Å². The molecule has 4 rings (SSSR count). The van der Waals surface area contributed by atoms with Crippen LogP contribution in [0.5, 0.6) is 0 Å². The van der Waals surface area contributed by atoms with Crippen molar-refractivity contribution in [2.75, 3.05) is 18.0 Å². The number of nitrogens with one attached hydrogen (secondary N) is 1. The van der Waals surface area contributed by atoms with Crippen molar-refractivity contribution in [2.24, 2.45) is 0 Å². The third kappa shape index (κ3) is 3.44. The van der Waals surface area contributed by atoms with E-state index in [4.69, 9.17) is 4.52 Å². The summed E-state index contributed by atoms with van der Waals surface area (Å²) in [6, 6.07) is 17.3. The lowest BCUT2D eigenvalue weighted by atomic mass is 10.1. The first-order valence-electron chi connectivity index (χ1n) is 8.81. The molecule has 0 radical (unpaired) electrons. The molecule has 1 N–H and O–H groups in total. The van der Waals surface area contributed by atoms with E-state index in [0.717, 1.165) is 24.3 Å². The predicted octanol–water partition coefficient (Wildman–Crippen LogP) is 3.27. The van der Waals surface area contributed by atoms with Crippen LogP contribution in [0.25, 0.3) is 11.5 Å². The molecule has 0 atom stereocenters. The average Bonchev–Trinajstić information content (AvgIpc) is 3.39. The molecule has 6 heteroatoms. The molecular weight excluding hydrogens is 328 g/mol. The van der Waals surface area contributed by atoms with E-state index in [-0.39, 0.29) is 12.5 Å². The number of carbonyl (C=O) groups excluding carboxylic acids is 1. The molecule has 1 aliphatic rings. The minimum absolute atomic E-state index is 0.126. The summed E-state index contributed by atoms with van der Waals surface area (Å²) in [4.78, 5) is 19.3. The molecule has 3 aromatic rings. The first-order valence-corrected chi connectivity index (χ1v) is 8.81. The zero-order chi connectivity index (χ0) is 17.8. The van der Waals surface area contributed by atoms with Gasteiger partial charge in [-0.2, -0.15) is 4.98 Å². The van der Waals surface area contributed by atoms with Crippen molar-refractivity contribution in [2.45, 2.75) is 19.4 Å². The predicted molar refractivity (Wildman–Crippen MR) is 98.8 cm³/mol. The number of rotatable bonds is 5. The molecule has 1 aromatic heterocycles. The Morgan fingerprint density at radius 3 is 2.58 bits per heavy atom. The molecule has 2 aromatic carbocycles. The molecule has 0 bridgehead atoms. The summed E-state index contributed by atoms with van der Waals surface area (Å²) in [5, 5.41) is 6.84. The van der Waals surface area contributed by atoms with E-state index in [1.54, 1.807) is 0 Å². The average molecular weight is 348 g/mol. The zero-order valence-corrected chi connectivity index (χ0v) is 14.4. The highest BCUT2D eigenvalue weighted by Crippen LogP contribution is 2.24. The minimum Gasteiger partial charge on any atom is -0.371 e. The fraction of sp³-hybridized carbons (Fsp3) is 0.250. The Labute approximate surface area is 151 Å². The van der Waals surface area contributed by atoms with Gasteiger partial charge in [0.1, 0.15) is 0 Å². The molecule has 26 heavy (non-hydrogen) atoms. The van der Waals surface area contributed by atoms with Gasteiger partial charge in [0.05, 0.1) is 12.1 Å². The molecular formula is C20H20N4O2. The van der Waals surface area contributed by atoms with E-state index in [2.05, 4.69) is 20.4 Å². The van der Waals surface area contributed by atoms with Gasteiger partial charge in [-0.05, 0) is 37.1 Å². The van der Waals surface area contributed by atoms with E-state index in [9.17, 15) is 4.79 Å². The van der Waals surface area contributed by atoms with Crippen LogP contribution in [0.15, 0.2) is 59.1 Å². The van der Waals surface area contributed by atoms with Crippen molar-refractivity contribution in [3.63, 3.8) is 0 Å². The van der Waals surface area contributed by atoms with Crippen LogP contribution < -0.4 is 10.2 Å². The Hall–Kier alpha value is -3.15. The van der Waals surface area contributed by atoms with Gasteiger partial charge in [-0.25, -0.2) is 0 Å². The van der Waals surface area contributed by atoms with Gasteiger partial charge < -0.3 is 14.7 Å². The standard InChI is InChI=1S/C20H20N4O2/c25-19(16-10-4-5-11-17(16)24-12-6-7-13-24)21-14-18-22-20(26-23-18)15-8-2-1-3-9-15/h1-5,8-11H,6-7,12-14H2,(H,21,25). The summed E-state index contributed by atoms with van der Waals surface area (Å²) in [5.74, 6) is 0.779. The second kappa shape index (κ2) is 7.39. The molecule has 132 valence electrons. The largest absolute Gasteiger partial charge is 0.371 e. The zero-order valence-electron chi connectivity index (χ0n) is 14.4. The number of nitrogens with zero attached hydrogens (tertiary/aromatic N) is 3. The van der Waals surface area contributed by atoms with Crippen LogP contribution in [0.1, 0.15) is 29.0 Å². The second-order valence-electron chi connectivity index (χ2n) is 6.28. The van der Waals surface area contributed by atoms with Gasteiger partial charge in [-0.1, -0.05) is 35.5 Å². The van der Waals surface area contributed by atoms with E-state index in [0.29, 0.717) is 17.3 Å². The molecule has 0 aliphatic carbocycles. The Morgan fingerprint density at radius 2 is 1.77 bits per heavy atom. The van der Waals surface area contributed by atoms with Gasteiger partial charge >= 0.3 is 0 Å². The molecule has 1 amide bonds. The van der Waals surface area contributed by atoms with E-state index >= 15 is 0 Å². The fourth-order valence-corrected chi connectivity index (χ4v) is 3.18. The SMILES string of the molecule is O=C(NCc1noc(-c2ccccc2)n1)c1ccccc1N1CCCC1. The maximum Gasteiger partial charge on any atom is 0.257 e. The highest BCUT2D eigenvalue weighted by atomic mass is 16.5. The molecule has 0 unspecified atom stereocenters. The summed E-state index contributed by atoms with van der Waals surface area (Å²) < 4.78 is 5.27. The van der Waals surface area contributed by atoms with Crippen LogP contribution in [0.4, 0.5) is 5.69 Å². The quantitative estimate of drug-likeness (QED) is 0.766. The van der Waals surface area contributed by atoms with Crippen LogP contribution in [-0.4, -0.2) is 29.1 Å². The monoisotopic (exact) mass is 348 g/mol. The van der Waals surface area contributed by atoms with Crippen molar-refractivity contribution in [3.8, 4) is 11.5 Å². The number of carbonyl (C=O) groups is 1. The number of hydrogen-bond acceptors (Lipinski definition) is 5. The van der Waals surface area contributed by atoms with Gasteiger partial charge in [0.15, 0.2) is 5.82 Å². The Balaban J connectivity index is 1.44. The topological polar surface area (TPSA) is 71.3 Å². The molecule has 6 nitrogen and oxygen atoms in total. The lowest BCUT2D eigenvalue weighted by molar-refractivity contribution is 0.0950. The van der Waals surface area contributed by atoms with Crippen molar-refractivity contribution >= 4 is 11.6 Å². The van der Waals surface area contributed by atoms with E-state index in [1.807, 2.05) is 54.6 Å². The first-order chi connectivity index (χ1) is 12.8. The Morgan fingerprint density at radius 1 is 1.04 bits per heavy atom. The van der Waals surface area contributed by atoms with Gasteiger partial charge in [0.25, 0.3) is 11.8 Å². The number of anilines is 1. The number of amides is 1. The molecule has 0 spiro atoms. The molecule has 1 saturated heterocycles. The maximum absolute atomic E-state index is 12.6. The lowest BCUT2D eigenvalue weighted by Crippen LogP contribution is -2.27. The fourth-order valence-electron chi connectivity index (χ4n) is 3.18. The van der Waals surface area contributed by atoms with Crippen molar-refractivity contribution < 1.29 is 9.32 Å². The number of hydrogen-bond donors (Lipinski definition) is 1. The molecule has 1 fully saturated rings. The molecule has 1 aliphatic heterocycles. The summed E-state index contributed by atoms with van der Waals surface area (Å²) in [7, 11) is 0. The van der Waals surface area contributed by atoms with Crippen LogP contribution >= 0.6 is 0 Å². The van der Waals surface area contributed by atoms with Crippen LogP contribution in [-0.2, 0) is 6.54 Å². The Kier molecular flexibility index (Phi) is 4.64. The van der Waals surface area contributed by atoms with E-state index in [1.165, 1.54) is 12.8 Å². The highest BCUT2D eigenvalue weighted by Gasteiger charge is 2.19. The van der Waals surface area contributed by atoms with Crippen molar-refractivity contribution in [3.05, 3.63) is 66.0 Å². The minimum atomic E-state index is -0.126. The van der Waals surface area contributed by atoms with Gasteiger partial charge in [-0.3, -0.25) is 4.79 Å². The third-order valence-corrected chi connectivity index (χ3v) is 4.49. The number of para-hydroxylation sites is 1. The van der Waals surface area contributed by atoms with Crippen LogP contribution in [0.3, 0.4) is 0 Å². The number of aromatic nitrogens is 2. The summed E-state index contributed by atoms with van der Waals surface area (Å²) >= 11 is 0. The Bertz CT molecular complexity index is 886. The molecule has 0 saturated carbocycles. The van der Waals surface area contributed by atoms with Crippen molar-refractivity contribution in [1.29, 1.82) is 0 Å².